The zero-order chi connectivity index (χ0) is 20.4. The highest BCUT2D eigenvalue weighted by Gasteiger charge is 2.22. The van der Waals surface area contributed by atoms with E-state index in [0.29, 0.717) is 22.5 Å². The Morgan fingerprint density at radius 1 is 1.03 bits per heavy atom. The van der Waals surface area contributed by atoms with Crippen LogP contribution < -0.4 is 10.5 Å². The molecular weight excluding hydrogens is 393 g/mol. The summed E-state index contributed by atoms with van der Waals surface area (Å²) in [6, 6.07) is 12.7. The maximum absolute atomic E-state index is 13.3. The fraction of sp³-hybridized carbons (Fsp3) is 0.238. The van der Waals surface area contributed by atoms with E-state index in [-0.39, 0.29) is 17.1 Å². The molecular formula is C21H19FN3O3S-. The average Bonchev–Trinajstić information content (AvgIpc) is 3.23. The van der Waals surface area contributed by atoms with E-state index in [1.54, 1.807) is 30.5 Å². The fourth-order valence-corrected chi connectivity index (χ4v) is 4.05. The van der Waals surface area contributed by atoms with Crippen molar-refractivity contribution in [2.75, 3.05) is 18.0 Å². The van der Waals surface area contributed by atoms with Crippen LogP contribution in [-0.4, -0.2) is 31.6 Å². The molecule has 6 nitrogen and oxygen atoms in total. The fourth-order valence-electron chi connectivity index (χ4n) is 3.58. The molecule has 2 aromatic carbocycles. The highest BCUT2D eigenvalue weighted by atomic mass is 32.2. The number of hydrogen-bond donors (Lipinski definition) is 0. The number of hydrogen-bond acceptors (Lipinski definition) is 5. The van der Waals surface area contributed by atoms with Gasteiger partial charge in [0.15, 0.2) is 0 Å². The molecule has 0 saturated carbocycles. The Morgan fingerprint density at radius 2 is 1.69 bits per heavy atom. The van der Waals surface area contributed by atoms with Gasteiger partial charge in [-0.2, -0.15) is 9.78 Å². The van der Waals surface area contributed by atoms with Crippen molar-refractivity contribution in [2.45, 2.75) is 18.6 Å². The first kappa shape index (κ1) is 19.5. The lowest BCUT2D eigenvalue weighted by Gasteiger charge is -2.21. The number of aromatic nitrogens is 2. The van der Waals surface area contributed by atoms with E-state index < -0.39 is 11.1 Å². The summed E-state index contributed by atoms with van der Waals surface area (Å²) in [6.07, 6.45) is 3.65. The Labute approximate surface area is 169 Å². The molecule has 0 spiro atoms. The molecule has 3 aromatic rings. The van der Waals surface area contributed by atoms with E-state index >= 15 is 0 Å². The maximum Gasteiger partial charge on any atom is 0.295 e. The monoisotopic (exact) mass is 412 g/mol. The van der Waals surface area contributed by atoms with E-state index in [9.17, 15) is 17.9 Å². The highest BCUT2D eigenvalue weighted by Crippen LogP contribution is 2.30. The predicted molar refractivity (Wildman–Crippen MR) is 109 cm³/mol. The summed E-state index contributed by atoms with van der Waals surface area (Å²) in [5.41, 5.74) is 2.96. The smallest absolute Gasteiger partial charge is 0.295 e. The molecule has 1 atom stereocenters. The topological polar surface area (TPSA) is 78.3 Å². The minimum absolute atomic E-state index is 0.0519. The molecule has 0 amide bonds. The Morgan fingerprint density at radius 3 is 2.31 bits per heavy atom. The Balaban J connectivity index is 1.81. The average molecular weight is 412 g/mol. The van der Waals surface area contributed by atoms with Crippen molar-refractivity contribution in [2.24, 2.45) is 0 Å². The summed E-state index contributed by atoms with van der Waals surface area (Å²) in [4.78, 5) is 15.4. The van der Waals surface area contributed by atoms with Gasteiger partial charge < -0.3 is 9.45 Å². The molecule has 1 aliphatic heterocycles. The van der Waals surface area contributed by atoms with Crippen LogP contribution in [0.3, 0.4) is 0 Å². The van der Waals surface area contributed by atoms with Gasteiger partial charge in [-0.3, -0.25) is 9.00 Å². The van der Waals surface area contributed by atoms with E-state index in [4.69, 9.17) is 0 Å². The van der Waals surface area contributed by atoms with E-state index in [0.717, 1.165) is 31.5 Å². The van der Waals surface area contributed by atoms with Crippen LogP contribution in [0.5, 0.6) is 0 Å². The largest absolute Gasteiger partial charge is 0.772 e. The number of anilines is 1. The van der Waals surface area contributed by atoms with Gasteiger partial charge in [0.25, 0.3) is 5.56 Å². The molecule has 0 N–H and O–H groups in total. The van der Waals surface area contributed by atoms with Gasteiger partial charge in [-0.25, -0.2) is 4.39 Å². The molecule has 4 rings (SSSR count). The van der Waals surface area contributed by atoms with Crippen molar-refractivity contribution in [3.8, 4) is 16.8 Å². The Hall–Kier alpha value is -2.84. The Bertz CT molecular complexity index is 1090. The van der Waals surface area contributed by atoms with E-state index in [1.165, 1.54) is 28.9 Å². The molecule has 150 valence electrons. The van der Waals surface area contributed by atoms with Crippen molar-refractivity contribution in [1.82, 2.24) is 9.78 Å². The minimum atomic E-state index is -2.15. The first-order valence-electron chi connectivity index (χ1n) is 9.31. The second-order valence-corrected chi connectivity index (χ2v) is 7.84. The third-order valence-corrected chi connectivity index (χ3v) is 5.56. The lowest BCUT2D eigenvalue weighted by Crippen LogP contribution is -2.31. The van der Waals surface area contributed by atoms with E-state index in [2.05, 4.69) is 10.00 Å². The van der Waals surface area contributed by atoms with Gasteiger partial charge >= 0.3 is 0 Å². The van der Waals surface area contributed by atoms with Gasteiger partial charge in [0.2, 0.25) is 0 Å². The van der Waals surface area contributed by atoms with Crippen LogP contribution >= 0.6 is 0 Å². The Kier molecular flexibility index (Phi) is 5.55. The van der Waals surface area contributed by atoms with Gasteiger partial charge in [-0.1, -0.05) is 35.3 Å². The molecule has 1 unspecified atom stereocenters. The number of rotatable bonds is 5. The van der Waals surface area contributed by atoms with Crippen LogP contribution in [0.4, 0.5) is 10.1 Å². The normalized spacial score (nSPS) is 14.9. The van der Waals surface area contributed by atoms with Crippen LogP contribution in [0.25, 0.3) is 16.8 Å². The molecule has 1 aromatic heterocycles. The quantitative estimate of drug-likeness (QED) is 0.602. The minimum Gasteiger partial charge on any atom is -0.772 e. The van der Waals surface area contributed by atoms with Gasteiger partial charge in [0, 0.05) is 24.4 Å². The second kappa shape index (κ2) is 8.26. The van der Waals surface area contributed by atoms with Crippen LogP contribution in [0.2, 0.25) is 0 Å². The molecule has 1 saturated heterocycles. The highest BCUT2D eigenvalue weighted by molar-refractivity contribution is 7.78. The predicted octanol–water partition coefficient (Wildman–Crippen LogP) is 3.02. The zero-order valence-electron chi connectivity index (χ0n) is 15.6. The van der Waals surface area contributed by atoms with Crippen molar-refractivity contribution < 1.29 is 13.2 Å². The van der Waals surface area contributed by atoms with E-state index in [1.807, 2.05) is 0 Å². The van der Waals surface area contributed by atoms with Gasteiger partial charge in [0.05, 0.1) is 11.9 Å². The summed E-state index contributed by atoms with van der Waals surface area (Å²) in [7, 11) is 0. The SMILES string of the molecule is O=c1c(N2CCCC2)c(-c2ccc(CS(=O)[O-])cc2)cnn1-c1ccc(F)cc1. The van der Waals surface area contributed by atoms with Crippen molar-refractivity contribution in [1.29, 1.82) is 0 Å². The molecule has 8 heteroatoms. The van der Waals surface area contributed by atoms with Crippen molar-refractivity contribution in [3.63, 3.8) is 0 Å². The maximum atomic E-state index is 13.3. The lowest BCUT2D eigenvalue weighted by atomic mass is 10.0. The second-order valence-electron chi connectivity index (χ2n) is 6.94. The van der Waals surface area contributed by atoms with Crippen molar-refractivity contribution >= 4 is 16.8 Å². The third-order valence-electron chi connectivity index (χ3n) is 5.00. The van der Waals surface area contributed by atoms with Crippen LogP contribution in [-0.2, 0) is 16.8 Å². The van der Waals surface area contributed by atoms with Gasteiger partial charge in [-0.15, -0.1) is 0 Å². The summed E-state index contributed by atoms with van der Waals surface area (Å²) in [5.74, 6) is -0.429. The van der Waals surface area contributed by atoms with Crippen LogP contribution in [0.1, 0.15) is 18.4 Å². The summed E-state index contributed by atoms with van der Waals surface area (Å²) in [6.45, 7) is 1.56. The summed E-state index contributed by atoms with van der Waals surface area (Å²) < 4.78 is 36.4. The molecule has 29 heavy (non-hydrogen) atoms. The molecule has 1 fully saturated rings. The zero-order valence-corrected chi connectivity index (χ0v) is 16.4. The molecule has 0 bridgehead atoms. The first-order valence-corrected chi connectivity index (χ1v) is 10.6. The number of halogens is 1. The van der Waals surface area contributed by atoms with Crippen molar-refractivity contribution in [3.05, 3.63) is 76.5 Å². The molecule has 1 aliphatic rings. The van der Waals surface area contributed by atoms with Gasteiger partial charge in [-0.05, 0) is 48.2 Å². The summed E-state index contributed by atoms with van der Waals surface area (Å²) >= 11 is -2.15. The lowest BCUT2D eigenvalue weighted by molar-refractivity contribution is 0.536. The van der Waals surface area contributed by atoms with Crippen LogP contribution in [0, 0.1) is 5.82 Å². The van der Waals surface area contributed by atoms with Crippen LogP contribution in [0.15, 0.2) is 59.5 Å². The first-order chi connectivity index (χ1) is 14.0. The third kappa shape index (κ3) is 4.13. The molecule has 2 heterocycles. The summed E-state index contributed by atoms with van der Waals surface area (Å²) in [5, 5.41) is 4.31. The number of benzene rings is 2. The standard InChI is InChI=1S/C21H20FN3O3S/c22-17-7-9-18(10-8-17)25-21(26)20(24-11-1-2-12-24)19(13-23-25)16-5-3-15(4-6-16)14-29(27)28/h3-10,13H,1-2,11-12,14H2,(H,27,28)/p-1. The van der Waals surface area contributed by atoms with Gasteiger partial charge in [0.1, 0.15) is 11.5 Å². The number of nitrogens with zero attached hydrogens (tertiary/aromatic N) is 3. The molecule has 0 aliphatic carbocycles. The molecule has 0 radical (unpaired) electrons.